The molecule has 2 rings (SSSR count). The zero-order chi connectivity index (χ0) is 14.2. The third-order valence-corrected chi connectivity index (χ3v) is 3.30. The molecule has 19 heavy (non-hydrogen) atoms. The molecule has 0 spiro atoms. The number of carbonyl (C=O) groups excluding carboxylic acids is 1. The number of imidazole rings is 1. The van der Waals surface area contributed by atoms with Crippen LogP contribution < -0.4 is 5.73 Å². The smallest absolute Gasteiger partial charge is 0.242 e. The van der Waals surface area contributed by atoms with Crippen LogP contribution in [-0.2, 0) is 11.3 Å². The molecule has 2 N–H and O–H groups in total. The highest BCUT2D eigenvalue weighted by atomic mass is 35.5. The van der Waals surface area contributed by atoms with E-state index in [2.05, 4.69) is 4.98 Å². The van der Waals surface area contributed by atoms with Crippen molar-refractivity contribution in [3.8, 4) is 0 Å². The number of nitrogen functional groups attached to an aromatic ring is 1. The molecule has 1 aromatic heterocycles. The van der Waals surface area contributed by atoms with Crippen molar-refractivity contribution in [3.63, 3.8) is 0 Å². The van der Waals surface area contributed by atoms with E-state index in [0.717, 1.165) is 0 Å². The summed E-state index contributed by atoms with van der Waals surface area (Å²) in [5.41, 5.74) is 6.68. The first-order valence-corrected chi connectivity index (χ1v) is 6.16. The molecule has 7 heteroatoms. The minimum Gasteiger partial charge on any atom is -0.369 e. The number of benzene rings is 1. The number of carbonyl (C=O) groups is 1. The largest absolute Gasteiger partial charge is 0.369 e. The average molecular weight is 285 g/mol. The third kappa shape index (κ3) is 2.49. The van der Waals surface area contributed by atoms with Gasteiger partial charge in [0.25, 0.3) is 0 Å². The molecular weight excluding hydrogens is 271 g/mol. The van der Waals surface area contributed by atoms with E-state index in [1.54, 1.807) is 11.9 Å². The number of anilines is 1. The van der Waals surface area contributed by atoms with Crippen LogP contribution in [0.3, 0.4) is 0 Å². The fourth-order valence-corrected chi connectivity index (χ4v) is 1.90. The number of rotatable bonds is 3. The van der Waals surface area contributed by atoms with E-state index < -0.39 is 5.82 Å². The molecule has 0 aliphatic heterocycles. The fourth-order valence-electron chi connectivity index (χ4n) is 1.74. The summed E-state index contributed by atoms with van der Waals surface area (Å²) in [6, 6.07) is 2.63. The molecule has 0 aliphatic carbocycles. The Labute approximate surface area is 114 Å². The molecular formula is C12H14ClFN4O. The molecule has 0 fully saturated rings. The normalized spacial score (nSPS) is 10.9. The summed E-state index contributed by atoms with van der Waals surface area (Å²) in [5, 5.41) is -0.0232. The summed E-state index contributed by atoms with van der Waals surface area (Å²) >= 11 is 5.74. The number of aromatic nitrogens is 2. The first kappa shape index (κ1) is 13.6. The predicted molar refractivity (Wildman–Crippen MR) is 72.4 cm³/mol. The summed E-state index contributed by atoms with van der Waals surface area (Å²) < 4.78 is 14.9. The standard InChI is InChI=1S/C12H14ClFN4O/c1-3-17(2)11(19)6-18-10-4-7(13)8(14)5-9(10)16-12(18)15/h4-5H,3,6H2,1-2H3,(H2,15,16). The molecule has 0 bridgehead atoms. The van der Waals surface area contributed by atoms with E-state index in [4.69, 9.17) is 17.3 Å². The van der Waals surface area contributed by atoms with Gasteiger partial charge in [-0.05, 0) is 13.0 Å². The van der Waals surface area contributed by atoms with E-state index in [0.29, 0.717) is 17.6 Å². The van der Waals surface area contributed by atoms with Crippen molar-refractivity contribution < 1.29 is 9.18 Å². The van der Waals surface area contributed by atoms with Gasteiger partial charge in [-0.15, -0.1) is 0 Å². The van der Waals surface area contributed by atoms with Crippen LogP contribution in [0.2, 0.25) is 5.02 Å². The highest BCUT2D eigenvalue weighted by Crippen LogP contribution is 2.24. The van der Waals surface area contributed by atoms with Crippen LogP contribution in [0.5, 0.6) is 0 Å². The van der Waals surface area contributed by atoms with Crippen LogP contribution in [0.15, 0.2) is 12.1 Å². The Hall–Kier alpha value is -1.82. The zero-order valence-electron chi connectivity index (χ0n) is 10.7. The fraction of sp³-hybridized carbons (Fsp3) is 0.333. The highest BCUT2D eigenvalue weighted by Gasteiger charge is 2.15. The summed E-state index contributed by atoms with van der Waals surface area (Å²) in [5.74, 6) is -0.501. The lowest BCUT2D eigenvalue weighted by molar-refractivity contribution is -0.130. The van der Waals surface area contributed by atoms with Gasteiger partial charge >= 0.3 is 0 Å². The van der Waals surface area contributed by atoms with Gasteiger partial charge in [0.1, 0.15) is 12.4 Å². The molecule has 0 saturated heterocycles. The van der Waals surface area contributed by atoms with Gasteiger partial charge in [-0.25, -0.2) is 9.37 Å². The van der Waals surface area contributed by atoms with Gasteiger partial charge in [0.2, 0.25) is 11.9 Å². The monoisotopic (exact) mass is 284 g/mol. The summed E-state index contributed by atoms with van der Waals surface area (Å²) in [4.78, 5) is 17.5. The summed E-state index contributed by atoms with van der Waals surface area (Å²) in [6.45, 7) is 2.52. The number of hydrogen-bond donors (Lipinski definition) is 1. The Morgan fingerprint density at radius 3 is 2.89 bits per heavy atom. The van der Waals surface area contributed by atoms with Gasteiger partial charge in [0.05, 0.1) is 16.1 Å². The third-order valence-electron chi connectivity index (χ3n) is 3.01. The number of fused-ring (bicyclic) bond motifs is 1. The average Bonchev–Trinajstić information content (AvgIpc) is 2.65. The summed E-state index contributed by atoms with van der Waals surface area (Å²) in [7, 11) is 1.70. The first-order chi connectivity index (χ1) is 8.93. The summed E-state index contributed by atoms with van der Waals surface area (Å²) in [6.07, 6.45) is 0. The van der Waals surface area contributed by atoms with Crippen molar-refractivity contribution in [3.05, 3.63) is 23.0 Å². The number of hydrogen-bond acceptors (Lipinski definition) is 3. The van der Waals surface area contributed by atoms with Gasteiger partial charge < -0.3 is 15.2 Å². The van der Waals surface area contributed by atoms with Crippen molar-refractivity contribution in [2.24, 2.45) is 0 Å². The lowest BCUT2D eigenvalue weighted by Crippen LogP contribution is -2.30. The minimum absolute atomic E-state index is 0.0232. The molecule has 0 unspecified atom stereocenters. The molecule has 5 nitrogen and oxygen atoms in total. The van der Waals surface area contributed by atoms with Crippen molar-refractivity contribution in [1.29, 1.82) is 0 Å². The van der Waals surface area contributed by atoms with E-state index in [1.807, 2.05) is 6.92 Å². The van der Waals surface area contributed by atoms with Crippen molar-refractivity contribution in [1.82, 2.24) is 14.5 Å². The Morgan fingerprint density at radius 1 is 1.58 bits per heavy atom. The van der Waals surface area contributed by atoms with Gasteiger partial charge in [0.15, 0.2) is 0 Å². The Balaban J connectivity index is 2.45. The number of nitrogens with two attached hydrogens (primary N) is 1. The molecule has 2 aromatic rings. The van der Waals surface area contributed by atoms with Crippen molar-refractivity contribution in [2.45, 2.75) is 13.5 Å². The molecule has 1 amide bonds. The van der Waals surface area contributed by atoms with E-state index in [1.165, 1.54) is 16.7 Å². The molecule has 0 aliphatic rings. The predicted octanol–water partition coefficient (Wildman–Crippen LogP) is 1.89. The van der Waals surface area contributed by atoms with Crippen LogP contribution in [-0.4, -0.2) is 34.0 Å². The van der Waals surface area contributed by atoms with Crippen LogP contribution >= 0.6 is 11.6 Å². The lowest BCUT2D eigenvalue weighted by atomic mass is 10.3. The Kier molecular flexibility index (Phi) is 3.61. The maximum atomic E-state index is 13.3. The number of likely N-dealkylation sites (N-methyl/N-ethyl adjacent to an activating group) is 1. The SMILES string of the molecule is CCN(C)C(=O)Cn1c(N)nc2cc(F)c(Cl)cc21. The number of nitrogens with zero attached hydrogens (tertiary/aromatic N) is 3. The lowest BCUT2D eigenvalue weighted by Gasteiger charge is -2.15. The number of amides is 1. The second-order valence-corrected chi connectivity index (χ2v) is 4.63. The van der Waals surface area contributed by atoms with Crippen LogP contribution in [0.4, 0.5) is 10.3 Å². The molecule has 0 saturated carbocycles. The molecule has 0 atom stereocenters. The van der Waals surface area contributed by atoms with E-state index in [-0.39, 0.29) is 23.4 Å². The van der Waals surface area contributed by atoms with Crippen molar-refractivity contribution >= 4 is 34.5 Å². The Bertz CT molecular complexity index is 640. The van der Waals surface area contributed by atoms with Crippen LogP contribution in [0.1, 0.15) is 6.92 Å². The quantitative estimate of drug-likeness (QED) is 0.936. The van der Waals surface area contributed by atoms with Crippen molar-refractivity contribution in [2.75, 3.05) is 19.3 Å². The topological polar surface area (TPSA) is 64.2 Å². The Morgan fingerprint density at radius 2 is 2.26 bits per heavy atom. The molecule has 102 valence electrons. The van der Waals surface area contributed by atoms with E-state index >= 15 is 0 Å². The second-order valence-electron chi connectivity index (χ2n) is 4.22. The second kappa shape index (κ2) is 5.05. The first-order valence-electron chi connectivity index (χ1n) is 5.78. The highest BCUT2D eigenvalue weighted by molar-refractivity contribution is 6.31. The van der Waals surface area contributed by atoms with Gasteiger partial charge in [-0.2, -0.15) is 0 Å². The zero-order valence-corrected chi connectivity index (χ0v) is 11.4. The van der Waals surface area contributed by atoms with Crippen LogP contribution in [0.25, 0.3) is 11.0 Å². The minimum atomic E-state index is -0.559. The van der Waals surface area contributed by atoms with Gasteiger partial charge in [-0.3, -0.25) is 4.79 Å². The van der Waals surface area contributed by atoms with Gasteiger partial charge in [0, 0.05) is 19.7 Å². The molecule has 1 aromatic carbocycles. The maximum absolute atomic E-state index is 13.3. The number of halogens is 2. The molecule has 1 heterocycles. The molecule has 0 radical (unpaired) electrons. The van der Waals surface area contributed by atoms with Crippen LogP contribution in [0, 0.1) is 5.82 Å². The van der Waals surface area contributed by atoms with E-state index in [9.17, 15) is 9.18 Å². The van der Waals surface area contributed by atoms with Gasteiger partial charge in [-0.1, -0.05) is 11.6 Å². The maximum Gasteiger partial charge on any atom is 0.242 e.